The molecule has 2 aromatic carbocycles. The van der Waals surface area contributed by atoms with E-state index in [9.17, 15) is 14.4 Å². The fraction of sp³-hybridized carbons (Fsp3) is 0.467. The summed E-state index contributed by atoms with van der Waals surface area (Å²) in [5.41, 5.74) is 5.38. The molecule has 4 N–H and O–H groups in total. The molecule has 0 heterocycles. The van der Waals surface area contributed by atoms with Gasteiger partial charge in [0, 0.05) is 0 Å². The molecule has 0 radical (unpaired) electrons. The number of carboxylic acid groups (broad SMARTS) is 1. The van der Waals surface area contributed by atoms with Gasteiger partial charge in [-0.15, -0.1) is 0 Å². The second-order valence-electron chi connectivity index (χ2n) is 10.8. The number of carboxylic acids is 1. The lowest BCUT2D eigenvalue weighted by molar-refractivity contribution is -0.144. The number of nitrogens with one attached hydrogen (secondary N) is 3. The SMILES string of the molecule is Cc1cc(C)c(OC(C)C(=O)NC(=N)NC(=O)OC(C)(C)C)c(C)c1.Cc1cc(C)c(OC(C)C(=O)O)c(C)c1. The molecule has 2 unspecified atom stereocenters. The van der Waals surface area contributed by atoms with Gasteiger partial charge in [-0.25, -0.2) is 9.59 Å². The molecule has 0 aliphatic carbocycles. The van der Waals surface area contributed by atoms with E-state index in [1.807, 2.05) is 65.8 Å². The van der Waals surface area contributed by atoms with E-state index in [1.165, 1.54) is 6.92 Å². The highest BCUT2D eigenvalue weighted by Gasteiger charge is 2.21. The number of alkyl carbamates (subject to hydrolysis) is 1. The number of hydrogen-bond acceptors (Lipinski definition) is 7. The molecule has 40 heavy (non-hydrogen) atoms. The first-order valence-electron chi connectivity index (χ1n) is 12.9. The van der Waals surface area contributed by atoms with Crippen LogP contribution < -0.4 is 20.1 Å². The summed E-state index contributed by atoms with van der Waals surface area (Å²) in [6.07, 6.45) is -2.46. The van der Waals surface area contributed by atoms with Gasteiger partial charge in [0.2, 0.25) is 5.96 Å². The van der Waals surface area contributed by atoms with Gasteiger partial charge < -0.3 is 19.3 Å². The second-order valence-corrected chi connectivity index (χ2v) is 10.8. The van der Waals surface area contributed by atoms with E-state index in [0.717, 1.165) is 33.4 Å². The molecule has 10 heteroatoms. The Morgan fingerprint density at radius 2 is 1.12 bits per heavy atom. The summed E-state index contributed by atoms with van der Waals surface area (Å²) in [4.78, 5) is 34.4. The molecule has 10 nitrogen and oxygen atoms in total. The Bertz CT molecular complexity index is 1200. The predicted molar refractivity (Wildman–Crippen MR) is 154 cm³/mol. The predicted octanol–water partition coefficient (Wildman–Crippen LogP) is 5.42. The molecular formula is C30H43N3O7. The van der Waals surface area contributed by atoms with E-state index >= 15 is 0 Å². The molecule has 0 spiro atoms. The topological polar surface area (TPSA) is 147 Å². The summed E-state index contributed by atoms with van der Waals surface area (Å²) in [5, 5.41) is 20.8. The lowest BCUT2D eigenvalue weighted by atomic mass is 10.1. The number of guanidine groups is 1. The van der Waals surface area contributed by atoms with Crippen molar-refractivity contribution in [1.82, 2.24) is 10.6 Å². The number of aliphatic carboxylic acids is 1. The summed E-state index contributed by atoms with van der Waals surface area (Å²) >= 11 is 0. The van der Waals surface area contributed by atoms with Crippen LogP contribution in [0.2, 0.25) is 0 Å². The highest BCUT2D eigenvalue weighted by Crippen LogP contribution is 2.26. The number of amides is 2. The van der Waals surface area contributed by atoms with Gasteiger partial charge >= 0.3 is 12.1 Å². The van der Waals surface area contributed by atoms with Crippen LogP contribution in [0.15, 0.2) is 24.3 Å². The molecule has 2 amide bonds. The van der Waals surface area contributed by atoms with Crippen molar-refractivity contribution in [3.8, 4) is 11.5 Å². The van der Waals surface area contributed by atoms with E-state index in [2.05, 4.69) is 10.6 Å². The quantitative estimate of drug-likeness (QED) is 0.274. The number of aryl methyl sites for hydroxylation is 6. The van der Waals surface area contributed by atoms with E-state index in [0.29, 0.717) is 11.5 Å². The summed E-state index contributed by atoms with van der Waals surface area (Å²) in [6, 6.07) is 7.91. The summed E-state index contributed by atoms with van der Waals surface area (Å²) < 4.78 is 16.1. The molecule has 2 aromatic rings. The number of benzene rings is 2. The lowest BCUT2D eigenvalue weighted by Gasteiger charge is -2.21. The Hall–Kier alpha value is -4.08. The van der Waals surface area contributed by atoms with Crippen LogP contribution in [0, 0.1) is 47.0 Å². The van der Waals surface area contributed by atoms with Crippen molar-refractivity contribution >= 4 is 23.9 Å². The fourth-order valence-corrected chi connectivity index (χ4v) is 3.82. The number of carbonyl (C=O) groups excluding carboxylic acids is 2. The lowest BCUT2D eigenvalue weighted by Crippen LogP contribution is -2.48. The van der Waals surface area contributed by atoms with Crippen LogP contribution in [0.4, 0.5) is 4.79 Å². The minimum Gasteiger partial charge on any atom is -0.480 e. The maximum Gasteiger partial charge on any atom is 0.414 e. The molecular weight excluding hydrogens is 514 g/mol. The van der Waals surface area contributed by atoms with Gasteiger partial charge in [-0.1, -0.05) is 35.4 Å². The number of rotatable bonds is 6. The Balaban J connectivity index is 0.000000453. The van der Waals surface area contributed by atoms with Gasteiger partial charge in [0.15, 0.2) is 12.2 Å². The molecule has 0 saturated carbocycles. The average Bonchev–Trinajstić information content (AvgIpc) is 2.77. The highest BCUT2D eigenvalue weighted by atomic mass is 16.6. The van der Waals surface area contributed by atoms with Crippen LogP contribution in [-0.2, 0) is 14.3 Å². The molecule has 0 saturated heterocycles. The standard InChI is InChI=1S/C18H27N3O4.C12H16O3/c1-10-8-11(2)14(12(3)9-10)24-13(4)15(22)20-16(19)21-17(23)25-18(5,6)7;1-7-5-8(2)11(9(3)6-7)15-10(4)12(13)14/h8-9,13H,1-7H3,(H3,19,20,21,22,23);5-6,10H,1-4H3,(H,13,14). The summed E-state index contributed by atoms with van der Waals surface area (Å²) in [5.74, 6) is -0.641. The molecule has 0 bridgehead atoms. The molecule has 220 valence electrons. The molecule has 0 fully saturated rings. The van der Waals surface area contributed by atoms with Gasteiger partial charge in [-0.3, -0.25) is 20.8 Å². The Kier molecular flexibility index (Phi) is 12.2. The zero-order valence-corrected chi connectivity index (χ0v) is 25.4. The third kappa shape index (κ3) is 11.3. The van der Waals surface area contributed by atoms with Crippen molar-refractivity contribution in [2.45, 2.75) is 94.0 Å². The van der Waals surface area contributed by atoms with Crippen LogP contribution in [0.3, 0.4) is 0 Å². The first kappa shape index (κ1) is 33.9. The molecule has 0 aliphatic rings. The van der Waals surface area contributed by atoms with Gasteiger partial charge in [0.1, 0.15) is 17.1 Å². The van der Waals surface area contributed by atoms with Crippen LogP contribution in [0.1, 0.15) is 68.0 Å². The number of carbonyl (C=O) groups is 3. The zero-order chi connectivity index (χ0) is 30.9. The minimum absolute atomic E-state index is 0.466. The van der Waals surface area contributed by atoms with E-state index in [4.69, 9.17) is 24.7 Å². The maximum absolute atomic E-state index is 12.1. The minimum atomic E-state index is -0.950. The zero-order valence-electron chi connectivity index (χ0n) is 25.4. The van der Waals surface area contributed by atoms with E-state index in [1.54, 1.807) is 27.7 Å². The van der Waals surface area contributed by atoms with Crippen molar-refractivity contribution in [2.24, 2.45) is 0 Å². The highest BCUT2D eigenvalue weighted by molar-refractivity contribution is 6.02. The van der Waals surface area contributed by atoms with Gasteiger partial charge in [0.25, 0.3) is 5.91 Å². The second kappa shape index (κ2) is 14.3. The van der Waals surface area contributed by atoms with E-state index in [-0.39, 0.29) is 0 Å². The third-order valence-electron chi connectivity index (χ3n) is 5.39. The smallest absolute Gasteiger partial charge is 0.414 e. The largest absolute Gasteiger partial charge is 0.480 e. The normalized spacial score (nSPS) is 12.2. The van der Waals surface area contributed by atoms with Crippen molar-refractivity contribution in [2.75, 3.05) is 0 Å². The van der Waals surface area contributed by atoms with Gasteiger partial charge in [0.05, 0.1) is 0 Å². The molecule has 2 atom stereocenters. The van der Waals surface area contributed by atoms with Crippen molar-refractivity contribution in [3.05, 3.63) is 57.6 Å². The molecule has 2 rings (SSSR count). The molecule has 0 aliphatic heterocycles. The van der Waals surface area contributed by atoms with Crippen LogP contribution in [0.5, 0.6) is 11.5 Å². The monoisotopic (exact) mass is 557 g/mol. The van der Waals surface area contributed by atoms with Crippen molar-refractivity contribution < 1.29 is 33.7 Å². The first-order valence-corrected chi connectivity index (χ1v) is 12.9. The van der Waals surface area contributed by atoms with Crippen LogP contribution in [-0.4, -0.2) is 46.8 Å². The van der Waals surface area contributed by atoms with E-state index < -0.39 is 41.7 Å². The van der Waals surface area contributed by atoms with Crippen LogP contribution in [0.25, 0.3) is 0 Å². The molecule has 0 aromatic heterocycles. The van der Waals surface area contributed by atoms with Crippen LogP contribution >= 0.6 is 0 Å². The number of ether oxygens (including phenoxy) is 3. The Labute approximate surface area is 236 Å². The third-order valence-corrected chi connectivity index (χ3v) is 5.39. The van der Waals surface area contributed by atoms with Crippen molar-refractivity contribution in [1.29, 1.82) is 5.41 Å². The van der Waals surface area contributed by atoms with Gasteiger partial charge in [-0.05, 0) is 98.4 Å². The first-order chi connectivity index (χ1) is 18.3. The summed E-state index contributed by atoms with van der Waals surface area (Å²) in [6.45, 7) is 19.9. The Morgan fingerprint density at radius 1 is 0.750 bits per heavy atom. The fourth-order valence-electron chi connectivity index (χ4n) is 3.82. The maximum atomic E-state index is 12.1. The number of hydrogen-bond donors (Lipinski definition) is 4. The van der Waals surface area contributed by atoms with Crippen molar-refractivity contribution in [3.63, 3.8) is 0 Å². The Morgan fingerprint density at radius 3 is 1.48 bits per heavy atom. The summed E-state index contributed by atoms with van der Waals surface area (Å²) in [7, 11) is 0. The van der Waals surface area contributed by atoms with Gasteiger partial charge in [-0.2, -0.15) is 0 Å². The average molecular weight is 558 g/mol.